The zero-order valence-corrected chi connectivity index (χ0v) is 20.6. The number of rotatable bonds is 7. The molecular formula is C20H35IN6O3. The number of nitrogens with one attached hydrogen (secondary N) is 2. The zero-order chi connectivity index (χ0) is 20.6. The number of carbonyl (C=O) groups is 1. The third kappa shape index (κ3) is 7.07. The van der Waals surface area contributed by atoms with Crippen molar-refractivity contribution in [3.63, 3.8) is 0 Å². The molecule has 2 fully saturated rings. The Hall–Kier alpha value is -1.43. The first-order chi connectivity index (χ1) is 14.1. The number of halogens is 1. The third-order valence-corrected chi connectivity index (χ3v) is 5.77. The van der Waals surface area contributed by atoms with Gasteiger partial charge in [-0.15, -0.1) is 34.2 Å². The highest BCUT2D eigenvalue weighted by atomic mass is 127. The second-order valence-corrected chi connectivity index (χ2v) is 7.85. The van der Waals surface area contributed by atoms with Crippen LogP contribution in [0, 0.1) is 12.8 Å². The van der Waals surface area contributed by atoms with Gasteiger partial charge in [0.05, 0.1) is 18.6 Å². The van der Waals surface area contributed by atoms with Gasteiger partial charge in [0, 0.05) is 26.2 Å². The van der Waals surface area contributed by atoms with Crippen molar-refractivity contribution in [1.82, 2.24) is 25.4 Å². The molecule has 1 aliphatic heterocycles. The van der Waals surface area contributed by atoms with E-state index in [-0.39, 0.29) is 48.0 Å². The molecule has 10 heteroatoms. The monoisotopic (exact) mass is 534 g/mol. The number of ether oxygens (including phenoxy) is 2. The van der Waals surface area contributed by atoms with E-state index in [1.807, 2.05) is 25.5 Å². The molecule has 30 heavy (non-hydrogen) atoms. The first-order valence-electron chi connectivity index (χ1n) is 10.7. The summed E-state index contributed by atoms with van der Waals surface area (Å²) in [4.78, 5) is 16.7. The number of aliphatic imine (C=N–C) groups is 1. The molecule has 1 atom stereocenters. The second-order valence-electron chi connectivity index (χ2n) is 7.85. The van der Waals surface area contributed by atoms with E-state index in [0.29, 0.717) is 13.2 Å². The Morgan fingerprint density at radius 2 is 2.03 bits per heavy atom. The van der Waals surface area contributed by atoms with Gasteiger partial charge in [0.15, 0.2) is 11.8 Å². The van der Waals surface area contributed by atoms with E-state index in [4.69, 9.17) is 14.5 Å². The number of esters is 1. The van der Waals surface area contributed by atoms with Crippen LogP contribution in [0.1, 0.15) is 57.1 Å². The highest BCUT2D eigenvalue weighted by Crippen LogP contribution is 2.25. The molecule has 2 N–H and O–H groups in total. The van der Waals surface area contributed by atoms with Crippen molar-refractivity contribution in [3.8, 4) is 0 Å². The van der Waals surface area contributed by atoms with Crippen molar-refractivity contribution >= 4 is 35.9 Å². The van der Waals surface area contributed by atoms with Crippen LogP contribution in [-0.4, -0.2) is 58.6 Å². The van der Waals surface area contributed by atoms with Gasteiger partial charge in [-0.1, -0.05) is 0 Å². The molecule has 1 unspecified atom stereocenters. The van der Waals surface area contributed by atoms with Gasteiger partial charge in [-0.25, -0.2) is 4.99 Å². The minimum atomic E-state index is -0.0611. The lowest BCUT2D eigenvalue weighted by Gasteiger charge is -2.29. The van der Waals surface area contributed by atoms with E-state index < -0.39 is 0 Å². The third-order valence-electron chi connectivity index (χ3n) is 5.77. The molecule has 170 valence electrons. The summed E-state index contributed by atoms with van der Waals surface area (Å²) < 4.78 is 12.8. The van der Waals surface area contributed by atoms with Gasteiger partial charge < -0.3 is 24.7 Å². The average Bonchev–Trinajstić information content (AvgIpc) is 3.35. The van der Waals surface area contributed by atoms with E-state index in [0.717, 1.165) is 69.3 Å². The highest BCUT2D eigenvalue weighted by molar-refractivity contribution is 14.0. The van der Waals surface area contributed by atoms with Crippen molar-refractivity contribution in [2.75, 3.05) is 19.8 Å². The maximum Gasteiger partial charge on any atom is 0.308 e. The summed E-state index contributed by atoms with van der Waals surface area (Å²) in [5.74, 6) is 2.42. The normalized spacial score (nSPS) is 24.2. The first-order valence-corrected chi connectivity index (χ1v) is 10.7. The Morgan fingerprint density at radius 1 is 1.27 bits per heavy atom. The predicted molar refractivity (Wildman–Crippen MR) is 125 cm³/mol. The van der Waals surface area contributed by atoms with Crippen molar-refractivity contribution in [2.45, 2.75) is 71.1 Å². The van der Waals surface area contributed by atoms with E-state index >= 15 is 0 Å². The molecule has 0 aromatic carbocycles. The van der Waals surface area contributed by atoms with E-state index in [9.17, 15) is 4.79 Å². The van der Waals surface area contributed by atoms with E-state index in [1.165, 1.54) is 0 Å². The van der Waals surface area contributed by atoms with Gasteiger partial charge in [-0.2, -0.15) is 0 Å². The summed E-state index contributed by atoms with van der Waals surface area (Å²) in [6.07, 6.45) is 5.96. The molecule has 9 nitrogen and oxygen atoms in total. The molecule has 1 aromatic heterocycles. The molecule has 2 heterocycles. The summed E-state index contributed by atoms with van der Waals surface area (Å²) >= 11 is 0. The molecule has 1 aromatic rings. The SMILES string of the molecule is CCOC(=O)C1CCC(NC(=NCc2nnc(C)n2C)NCC2CCCO2)CC1.I. The quantitative estimate of drug-likeness (QED) is 0.239. The van der Waals surface area contributed by atoms with E-state index in [2.05, 4.69) is 20.8 Å². The molecule has 1 aliphatic carbocycles. The first kappa shape index (κ1) is 24.8. The molecule has 0 radical (unpaired) electrons. The van der Waals surface area contributed by atoms with Crippen LogP contribution in [0.3, 0.4) is 0 Å². The highest BCUT2D eigenvalue weighted by Gasteiger charge is 2.28. The molecule has 3 rings (SSSR count). The van der Waals surface area contributed by atoms with Gasteiger partial charge in [-0.05, 0) is 52.4 Å². The van der Waals surface area contributed by atoms with Gasteiger partial charge in [0.2, 0.25) is 0 Å². The van der Waals surface area contributed by atoms with Crippen LogP contribution >= 0.6 is 24.0 Å². The fourth-order valence-corrected chi connectivity index (χ4v) is 3.83. The predicted octanol–water partition coefficient (Wildman–Crippen LogP) is 2.08. The lowest BCUT2D eigenvalue weighted by molar-refractivity contribution is -0.149. The summed E-state index contributed by atoms with van der Waals surface area (Å²) in [6.45, 7) is 6.26. The second kappa shape index (κ2) is 12.4. The van der Waals surface area contributed by atoms with Crippen LogP contribution in [0.5, 0.6) is 0 Å². The fraction of sp³-hybridized carbons (Fsp3) is 0.800. The molecule has 0 spiro atoms. The maximum absolute atomic E-state index is 12.0. The Labute approximate surface area is 195 Å². The van der Waals surface area contributed by atoms with Gasteiger partial charge in [0.1, 0.15) is 12.4 Å². The summed E-state index contributed by atoms with van der Waals surface area (Å²) in [7, 11) is 1.95. The van der Waals surface area contributed by atoms with Crippen molar-refractivity contribution in [3.05, 3.63) is 11.6 Å². The number of hydrogen-bond donors (Lipinski definition) is 2. The fourth-order valence-electron chi connectivity index (χ4n) is 3.83. The number of hydrogen-bond acceptors (Lipinski definition) is 6. The summed E-state index contributed by atoms with van der Waals surface area (Å²) in [5, 5.41) is 15.3. The van der Waals surface area contributed by atoms with Crippen molar-refractivity contribution in [1.29, 1.82) is 0 Å². The molecule has 1 saturated heterocycles. The lowest BCUT2D eigenvalue weighted by atomic mass is 9.86. The van der Waals surface area contributed by atoms with Gasteiger partial charge >= 0.3 is 5.97 Å². The molecule has 0 bridgehead atoms. The largest absolute Gasteiger partial charge is 0.466 e. The average molecular weight is 534 g/mol. The smallest absolute Gasteiger partial charge is 0.308 e. The van der Waals surface area contributed by atoms with Crippen LogP contribution in [0.15, 0.2) is 4.99 Å². The number of aryl methyl sites for hydroxylation is 1. The van der Waals surface area contributed by atoms with Gasteiger partial charge in [-0.3, -0.25) is 4.79 Å². The molecule has 0 amide bonds. The minimum absolute atomic E-state index is 0. The minimum Gasteiger partial charge on any atom is -0.466 e. The molecule has 2 aliphatic rings. The van der Waals surface area contributed by atoms with Crippen LogP contribution in [0.4, 0.5) is 0 Å². The van der Waals surface area contributed by atoms with Crippen LogP contribution in [0.2, 0.25) is 0 Å². The topological polar surface area (TPSA) is 103 Å². The summed E-state index contributed by atoms with van der Waals surface area (Å²) in [6, 6.07) is 0.289. The Balaban J connectivity index is 0.00000320. The van der Waals surface area contributed by atoms with Crippen molar-refractivity contribution in [2.24, 2.45) is 18.0 Å². The number of guanidine groups is 1. The maximum atomic E-state index is 12.0. The van der Waals surface area contributed by atoms with E-state index in [1.54, 1.807) is 0 Å². The van der Waals surface area contributed by atoms with Crippen LogP contribution in [-0.2, 0) is 27.9 Å². The Kier molecular flexibility index (Phi) is 10.3. The summed E-state index contributed by atoms with van der Waals surface area (Å²) in [5.41, 5.74) is 0. The van der Waals surface area contributed by atoms with Gasteiger partial charge in [0.25, 0.3) is 0 Å². The molecular weight excluding hydrogens is 499 g/mol. The number of nitrogens with zero attached hydrogens (tertiary/aromatic N) is 4. The van der Waals surface area contributed by atoms with Crippen LogP contribution in [0.25, 0.3) is 0 Å². The Morgan fingerprint density at radius 3 is 2.63 bits per heavy atom. The standard InChI is InChI=1S/C20H34N6O3.HI/c1-4-28-19(27)15-7-9-16(10-8-15)23-20(21-12-17-6-5-11-29-17)22-13-18-25-24-14(2)26(18)3;/h15-17H,4-13H2,1-3H3,(H2,21,22,23);1H. The number of aromatic nitrogens is 3. The van der Waals surface area contributed by atoms with Crippen molar-refractivity contribution < 1.29 is 14.3 Å². The Bertz CT molecular complexity index is 697. The number of carbonyl (C=O) groups excluding carboxylic acids is 1. The van der Waals surface area contributed by atoms with Crippen LogP contribution < -0.4 is 10.6 Å². The zero-order valence-electron chi connectivity index (χ0n) is 18.2. The molecule has 1 saturated carbocycles. The lowest BCUT2D eigenvalue weighted by Crippen LogP contribution is -2.47.